The van der Waals surface area contributed by atoms with E-state index in [1.54, 1.807) is 25.6 Å². The third-order valence-electron chi connectivity index (χ3n) is 4.28. The Morgan fingerprint density at radius 3 is 2.72 bits per heavy atom. The summed E-state index contributed by atoms with van der Waals surface area (Å²) in [5.41, 5.74) is 1.77. The molecule has 1 saturated heterocycles. The van der Waals surface area contributed by atoms with Gasteiger partial charge in [0.1, 0.15) is 5.75 Å². The van der Waals surface area contributed by atoms with E-state index < -0.39 is 0 Å². The van der Waals surface area contributed by atoms with Crippen molar-refractivity contribution in [1.29, 1.82) is 0 Å². The summed E-state index contributed by atoms with van der Waals surface area (Å²) in [6.45, 7) is 4.87. The number of carbonyl (C=O) groups excluding carboxylic acids is 1. The molecule has 1 aromatic carbocycles. The molecule has 0 aliphatic carbocycles. The summed E-state index contributed by atoms with van der Waals surface area (Å²) in [7, 11) is 1.63. The molecule has 2 amide bonds. The third kappa shape index (κ3) is 4.17. The van der Waals surface area contributed by atoms with E-state index >= 15 is 0 Å². The van der Waals surface area contributed by atoms with E-state index in [-0.39, 0.29) is 6.03 Å². The second-order valence-electron chi connectivity index (χ2n) is 5.99. The van der Waals surface area contributed by atoms with Crippen molar-refractivity contribution in [3.63, 3.8) is 0 Å². The average molecular weight is 341 g/mol. The predicted octanol–water partition coefficient (Wildman–Crippen LogP) is 2.54. The van der Waals surface area contributed by atoms with Crippen molar-refractivity contribution in [1.82, 2.24) is 14.9 Å². The molecule has 0 radical (unpaired) electrons. The fourth-order valence-corrected chi connectivity index (χ4v) is 2.88. The second-order valence-corrected chi connectivity index (χ2v) is 5.99. The monoisotopic (exact) mass is 341 g/mol. The van der Waals surface area contributed by atoms with Crippen molar-refractivity contribution < 1.29 is 9.53 Å². The van der Waals surface area contributed by atoms with Crippen molar-refractivity contribution in [3.05, 3.63) is 42.2 Å². The van der Waals surface area contributed by atoms with Crippen molar-refractivity contribution >= 4 is 17.7 Å². The first-order valence-electron chi connectivity index (χ1n) is 8.40. The number of aromatic nitrogens is 2. The molecular weight excluding hydrogens is 318 g/mol. The van der Waals surface area contributed by atoms with Crippen LogP contribution in [0.1, 0.15) is 12.0 Å². The Bertz CT molecular complexity index is 723. The number of anilines is 2. The Hall–Kier alpha value is -2.83. The minimum absolute atomic E-state index is 0.0956. The highest BCUT2D eigenvalue weighted by atomic mass is 16.5. The summed E-state index contributed by atoms with van der Waals surface area (Å²) in [6.07, 6.45) is 4.36. The van der Waals surface area contributed by atoms with Gasteiger partial charge >= 0.3 is 6.03 Å². The molecule has 0 spiro atoms. The van der Waals surface area contributed by atoms with Gasteiger partial charge in [-0.2, -0.15) is 0 Å². The zero-order valence-corrected chi connectivity index (χ0v) is 14.6. The van der Waals surface area contributed by atoms with Crippen LogP contribution in [0.15, 0.2) is 36.7 Å². The number of benzene rings is 1. The predicted molar refractivity (Wildman–Crippen MR) is 97.2 cm³/mol. The number of rotatable bonds is 3. The van der Waals surface area contributed by atoms with Crippen LogP contribution >= 0.6 is 0 Å². The number of nitrogens with one attached hydrogen (secondary N) is 1. The van der Waals surface area contributed by atoms with Gasteiger partial charge in [-0.3, -0.25) is 0 Å². The van der Waals surface area contributed by atoms with Gasteiger partial charge in [0.15, 0.2) is 0 Å². The van der Waals surface area contributed by atoms with Crippen molar-refractivity contribution in [3.8, 4) is 5.75 Å². The van der Waals surface area contributed by atoms with Crippen LogP contribution in [0.3, 0.4) is 0 Å². The Kier molecular flexibility index (Phi) is 5.33. The summed E-state index contributed by atoms with van der Waals surface area (Å²) < 4.78 is 5.31. The fourth-order valence-electron chi connectivity index (χ4n) is 2.88. The summed E-state index contributed by atoms with van der Waals surface area (Å²) in [6, 6.07) is 7.37. The molecule has 7 nitrogen and oxygen atoms in total. The Balaban J connectivity index is 1.61. The van der Waals surface area contributed by atoms with E-state index in [0.717, 1.165) is 30.0 Å². The van der Waals surface area contributed by atoms with Crippen molar-refractivity contribution in [2.45, 2.75) is 13.3 Å². The zero-order chi connectivity index (χ0) is 17.6. The number of methoxy groups -OCH3 is 1. The lowest BCUT2D eigenvalue weighted by atomic mass is 10.2. The lowest BCUT2D eigenvalue weighted by Crippen LogP contribution is -2.38. The lowest BCUT2D eigenvalue weighted by molar-refractivity contribution is 0.215. The maximum atomic E-state index is 12.6. The molecular formula is C18H23N5O2. The average Bonchev–Trinajstić information content (AvgIpc) is 2.90. The first-order chi connectivity index (χ1) is 12.2. The molecule has 25 heavy (non-hydrogen) atoms. The van der Waals surface area contributed by atoms with Crippen LogP contribution in [-0.2, 0) is 0 Å². The van der Waals surface area contributed by atoms with E-state index in [4.69, 9.17) is 4.74 Å². The van der Waals surface area contributed by atoms with Gasteiger partial charge in [0, 0.05) is 50.3 Å². The highest BCUT2D eigenvalue weighted by Gasteiger charge is 2.20. The van der Waals surface area contributed by atoms with Crippen molar-refractivity contribution in [2.75, 3.05) is 43.5 Å². The largest absolute Gasteiger partial charge is 0.496 e. The van der Waals surface area contributed by atoms with Gasteiger partial charge in [-0.1, -0.05) is 6.07 Å². The molecule has 0 unspecified atom stereocenters. The van der Waals surface area contributed by atoms with E-state index in [2.05, 4.69) is 20.2 Å². The molecule has 1 aliphatic heterocycles. The quantitative estimate of drug-likeness (QED) is 0.929. The normalized spacial score (nSPS) is 14.8. The standard InChI is InChI=1S/C18H23N5O2/c1-14-5-6-15(13-16(14)25-2)21-18(24)23-10-4-9-22(11-12-23)17-19-7-3-8-20-17/h3,5-8,13H,4,9-12H2,1-2H3,(H,21,24). The molecule has 3 rings (SSSR count). The molecule has 2 heterocycles. The van der Waals surface area contributed by atoms with Crippen LogP contribution in [0.5, 0.6) is 5.75 Å². The van der Waals surface area contributed by atoms with Gasteiger partial charge in [0.2, 0.25) is 5.95 Å². The number of ether oxygens (including phenoxy) is 1. The lowest BCUT2D eigenvalue weighted by Gasteiger charge is -2.22. The highest BCUT2D eigenvalue weighted by Crippen LogP contribution is 2.22. The molecule has 1 N–H and O–H groups in total. The van der Waals surface area contributed by atoms with Crippen LogP contribution in [0, 0.1) is 6.92 Å². The van der Waals surface area contributed by atoms with E-state index in [9.17, 15) is 4.79 Å². The van der Waals surface area contributed by atoms with E-state index in [1.165, 1.54) is 0 Å². The van der Waals surface area contributed by atoms with Gasteiger partial charge < -0.3 is 19.9 Å². The molecule has 0 saturated carbocycles. The van der Waals surface area contributed by atoms with Gasteiger partial charge in [-0.15, -0.1) is 0 Å². The zero-order valence-electron chi connectivity index (χ0n) is 14.6. The van der Waals surface area contributed by atoms with E-state index in [1.807, 2.05) is 30.0 Å². The van der Waals surface area contributed by atoms with Gasteiger partial charge in [-0.05, 0) is 31.0 Å². The summed E-state index contributed by atoms with van der Waals surface area (Å²) in [4.78, 5) is 25.1. The molecule has 0 bridgehead atoms. The first kappa shape index (κ1) is 17.0. The van der Waals surface area contributed by atoms with Crippen LogP contribution in [-0.4, -0.2) is 54.2 Å². The van der Waals surface area contributed by atoms with Crippen LogP contribution < -0.4 is 15.0 Å². The SMILES string of the molecule is COc1cc(NC(=O)N2CCCN(c3ncccn3)CC2)ccc1C. The molecule has 1 aliphatic rings. The molecule has 7 heteroatoms. The van der Waals surface area contributed by atoms with Crippen LogP contribution in [0.2, 0.25) is 0 Å². The molecule has 1 aromatic heterocycles. The summed E-state index contributed by atoms with van der Waals surface area (Å²) >= 11 is 0. The molecule has 2 aromatic rings. The van der Waals surface area contributed by atoms with Gasteiger partial charge in [-0.25, -0.2) is 14.8 Å². The number of hydrogen-bond acceptors (Lipinski definition) is 5. The third-order valence-corrected chi connectivity index (χ3v) is 4.28. The van der Waals surface area contributed by atoms with Gasteiger partial charge in [0.25, 0.3) is 0 Å². The Morgan fingerprint density at radius 2 is 1.96 bits per heavy atom. The Morgan fingerprint density at radius 1 is 1.16 bits per heavy atom. The topological polar surface area (TPSA) is 70.6 Å². The number of urea groups is 1. The van der Waals surface area contributed by atoms with E-state index in [0.29, 0.717) is 25.6 Å². The fraction of sp³-hybridized carbons (Fsp3) is 0.389. The number of hydrogen-bond donors (Lipinski definition) is 1. The highest BCUT2D eigenvalue weighted by molar-refractivity contribution is 5.89. The van der Waals surface area contributed by atoms with Crippen molar-refractivity contribution in [2.24, 2.45) is 0 Å². The minimum Gasteiger partial charge on any atom is -0.496 e. The van der Waals surface area contributed by atoms with Crippen LogP contribution in [0.25, 0.3) is 0 Å². The molecule has 1 fully saturated rings. The maximum absolute atomic E-state index is 12.6. The Labute approximate surface area is 147 Å². The van der Waals surface area contributed by atoms with Gasteiger partial charge in [0.05, 0.1) is 7.11 Å². The summed E-state index contributed by atoms with van der Waals surface area (Å²) in [5.74, 6) is 1.48. The molecule has 132 valence electrons. The second kappa shape index (κ2) is 7.83. The molecule has 0 atom stereocenters. The number of amides is 2. The maximum Gasteiger partial charge on any atom is 0.321 e. The summed E-state index contributed by atoms with van der Waals surface area (Å²) in [5, 5.41) is 2.95. The van der Waals surface area contributed by atoms with Crippen LogP contribution in [0.4, 0.5) is 16.4 Å². The smallest absolute Gasteiger partial charge is 0.321 e. The number of nitrogens with zero attached hydrogens (tertiary/aromatic N) is 4. The number of carbonyl (C=O) groups is 1. The number of aryl methyl sites for hydroxylation is 1. The first-order valence-corrected chi connectivity index (χ1v) is 8.40. The minimum atomic E-state index is -0.0956.